The molecule has 0 aromatic carbocycles. The molecule has 0 saturated carbocycles. The molecule has 0 aromatic rings. The molecule has 0 radical (unpaired) electrons. The van der Waals surface area contributed by atoms with Crippen LogP contribution in [0.4, 0.5) is 0 Å². The molecule has 11 heteroatoms. The maximum absolute atomic E-state index is 10.3. The van der Waals surface area contributed by atoms with E-state index >= 15 is 0 Å². The molecule has 0 aliphatic heterocycles. The van der Waals surface area contributed by atoms with E-state index in [0.717, 1.165) is 19.3 Å². The van der Waals surface area contributed by atoms with E-state index in [1.54, 1.807) is 0 Å². The number of hydrogen-bond donors (Lipinski definition) is 3. The predicted molar refractivity (Wildman–Crippen MR) is 114 cm³/mol. The second kappa shape index (κ2) is 31.2. The molecule has 0 rings (SSSR count). The van der Waals surface area contributed by atoms with Crippen molar-refractivity contribution < 1.29 is 61.0 Å². The summed E-state index contributed by atoms with van der Waals surface area (Å²) in [6, 6.07) is 0. The van der Waals surface area contributed by atoms with Crippen molar-refractivity contribution in [3.63, 3.8) is 0 Å². The fourth-order valence-corrected chi connectivity index (χ4v) is 2.80. The molecule has 0 aromatic heterocycles. The Morgan fingerprint density at radius 3 is 1.48 bits per heavy atom. The first kappa shape index (κ1) is 37.3. The molecular formula is C18H43NNaO7PS. The predicted octanol–water partition coefficient (Wildman–Crippen LogP) is 0.554. The van der Waals surface area contributed by atoms with Crippen LogP contribution in [0.1, 0.15) is 90.9 Å². The molecular weight excluding hydrogens is 428 g/mol. The molecule has 8 nitrogen and oxygen atoms in total. The quantitative estimate of drug-likeness (QED) is 0.129. The first-order valence-electron chi connectivity index (χ1n) is 10.3. The normalized spacial score (nSPS) is 12.1. The molecule has 0 aliphatic rings. The molecule has 0 heterocycles. The van der Waals surface area contributed by atoms with E-state index in [2.05, 4.69) is 20.9 Å². The van der Waals surface area contributed by atoms with Crippen LogP contribution in [0.5, 0.6) is 0 Å². The Balaban J connectivity index is -0.000000237. The summed E-state index contributed by atoms with van der Waals surface area (Å²) in [7, 11) is -3.35. The van der Waals surface area contributed by atoms with Crippen LogP contribution in [0.2, 0.25) is 0 Å². The number of unbranched alkanes of at least 4 members (excludes halogenated alkanes) is 10. The Kier molecular flexibility index (Phi) is 40.1. The van der Waals surface area contributed by atoms with Crippen molar-refractivity contribution in [1.82, 2.24) is 5.32 Å². The minimum absolute atomic E-state index is 0. The van der Waals surface area contributed by atoms with Gasteiger partial charge in [0, 0.05) is 0 Å². The zero-order chi connectivity index (χ0) is 22.1. The van der Waals surface area contributed by atoms with Crippen molar-refractivity contribution in [2.24, 2.45) is 0 Å². The van der Waals surface area contributed by atoms with E-state index in [1.807, 2.05) is 21.0 Å². The Morgan fingerprint density at radius 1 is 0.828 bits per heavy atom. The van der Waals surface area contributed by atoms with Gasteiger partial charge in [0.15, 0.2) is 0 Å². The van der Waals surface area contributed by atoms with E-state index in [1.165, 1.54) is 51.4 Å². The number of phosphoric acid groups is 1. The van der Waals surface area contributed by atoms with Crippen LogP contribution < -0.4 is 39.8 Å². The summed E-state index contributed by atoms with van der Waals surface area (Å²) in [4.78, 5) is 18.6. The first-order chi connectivity index (χ1) is 13.2. The SMILES string of the molecule is CCCCCCCCCCCCCOP(=O)([O-])O.CCCO[SH](=O)=O.CNC.[Na+]. The summed E-state index contributed by atoms with van der Waals surface area (Å²) in [5.74, 6) is 0. The fraction of sp³-hybridized carbons (Fsp3) is 1.00. The topological polar surface area (TPSA) is 125 Å². The van der Waals surface area contributed by atoms with Gasteiger partial charge < -0.3 is 19.6 Å². The zero-order valence-electron chi connectivity index (χ0n) is 19.2. The first-order valence-corrected chi connectivity index (χ1v) is 12.9. The molecule has 0 amide bonds. The Morgan fingerprint density at radius 2 is 1.21 bits per heavy atom. The van der Waals surface area contributed by atoms with Crippen molar-refractivity contribution in [3.8, 4) is 0 Å². The number of nitrogens with one attached hydrogen (secondary N) is 1. The van der Waals surface area contributed by atoms with E-state index in [9.17, 15) is 17.9 Å². The van der Waals surface area contributed by atoms with Gasteiger partial charge in [0.2, 0.25) is 0 Å². The van der Waals surface area contributed by atoms with Crippen LogP contribution in [0.15, 0.2) is 0 Å². The van der Waals surface area contributed by atoms with Crippen molar-refractivity contribution in [2.45, 2.75) is 90.9 Å². The molecule has 0 saturated heterocycles. The van der Waals surface area contributed by atoms with Gasteiger partial charge in [-0.25, -0.2) is 8.42 Å². The van der Waals surface area contributed by atoms with E-state index in [-0.39, 0.29) is 36.2 Å². The van der Waals surface area contributed by atoms with Crippen molar-refractivity contribution in [1.29, 1.82) is 0 Å². The van der Waals surface area contributed by atoms with Crippen molar-refractivity contribution >= 4 is 18.8 Å². The van der Waals surface area contributed by atoms with Gasteiger partial charge in [-0.3, -0.25) is 8.75 Å². The molecule has 2 N–H and O–H groups in total. The second-order valence-electron chi connectivity index (χ2n) is 6.39. The molecule has 0 spiro atoms. The molecule has 174 valence electrons. The summed E-state index contributed by atoms with van der Waals surface area (Å²) in [5, 5.41) is 2.75. The standard InChI is InChI=1S/C13H29O4P.C3H8O3S.C2H7N.Na/c1-2-3-4-5-6-7-8-9-10-11-12-13-17-18(14,15)16;1-2-3-6-7(4)5;1-3-2;/h2-13H2,1H3,(H2,14,15,16);7H,2-3H2,1H3;3H,1-2H3;/q;;;+1/p-1. The van der Waals surface area contributed by atoms with E-state index in [0.29, 0.717) is 13.0 Å². The maximum atomic E-state index is 10.3. The third kappa shape index (κ3) is 52.8. The zero-order valence-corrected chi connectivity index (χ0v) is 23.0. The molecule has 0 bridgehead atoms. The van der Waals surface area contributed by atoms with Crippen molar-refractivity contribution in [2.75, 3.05) is 27.3 Å². The second-order valence-corrected chi connectivity index (χ2v) is 8.29. The number of hydrogen-bond acceptors (Lipinski definition) is 7. The minimum atomic E-state index is -4.50. The van der Waals surface area contributed by atoms with Gasteiger partial charge in [-0.2, -0.15) is 0 Å². The number of rotatable bonds is 16. The van der Waals surface area contributed by atoms with Gasteiger partial charge in [0.05, 0.1) is 13.2 Å². The van der Waals surface area contributed by atoms with Crippen LogP contribution in [0.25, 0.3) is 0 Å². The third-order valence-corrected chi connectivity index (χ3v) is 4.31. The molecule has 0 fully saturated rings. The molecule has 29 heavy (non-hydrogen) atoms. The Hall–Kier alpha value is 0.980. The van der Waals surface area contributed by atoms with Gasteiger partial charge in [-0.05, 0) is 26.9 Å². The molecule has 0 aliphatic carbocycles. The molecule has 1 atom stereocenters. The molecule has 1 unspecified atom stereocenters. The number of phosphoric ester groups is 1. The average molecular weight is 472 g/mol. The fourth-order valence-electron chi connectivity index (χ4n) is 2.11. The maximum Gasteiger partial charge on any atom is 1.00 e. The van der Waals surface area contributed by atoms with Crippen LogP contribution in [0, 0.1) is 0 Å². The monoisotopic (exact) mass is 471 g/mol. The summed E-state index contributed by atoms with van der Waals surface area (Å²) in [6.07, 6.45) is 14.0. The van der Waals surface area contributed by atoms with Crippen LogP contribution in [-0.2, 0) is 24.3 Å². The summed E-state index contributed by atoms with van der Waals surface area (Å²) < 4.78 is 37.8. The van der Waals surface area contributed by atoms with Crippen LogP contribution in [-0.4, -0.2) is 40.6 Å². The Labute approximate surface area is 202 Å². The van der Waals surface area contributed by atoms with Gasteiger partial charge in [0.1, 0.15) is 0 Å². The third-order valence-electron chi connectivity index (χ3n) is 3.40. The van der Waals surface area contributed by atoms with Gasteiger partial charge >= 0.3 is 29.6 Å². The van der Waals surface area contributed by atoms with Crippen molar-refractivity contribution in [3.05, 3.63) is 0 Å². The van der Waals surface area contributed by atoms with Crippen LogP contribution in [0.3, 0.4) is 0 Å². The van der Waals surface area contributed by atoms with Gasteiger partial charge in [-0.1, -0.05) is 78.1 Å². The van der Waals surface area contributed by atoms with Gasteiger partial charge in [0.25, 0.3) is 18.8 Å². The minimum Gasteiger partial charge on any atom is -0.756 e. The average Bonchev–Trinajstić information content (AvgIpc) is 2.61. The summed E-state index contributed by atoms with van der Waals surface area (Å²) in [6.45, 7) is 4.48. The summed E-state index contributed by atoms with van der Waals surface area (Å²) in [5.41, 5.74) is 0. The van der Waals surface area contributed by atoms with Gasteiger partial charge in [-0.15, -0.1) is 0 Å². The smallest absolute Gasteiger partial charge is 0.756 e. The largest absolute Gasteiger partial charge is 1.00 e. The van der Waals surface area contributed by atoms with E-state index in [4.69, 9.17) is 4.89 Å². The Bertz CT molecular complexity index is 402. The summed E-state index contributed by atoms with van der Waals surface area (Å²) >= 11 is 0. The van der Waals surface area contributed by atoms with Crippen LogP contribution >= 0.6 is 7.82 Å². The van der Waals surface area contributed by atoms with E-state index < -0.39 is 18.8 Å². The number of thiol groups is 1.